The monoisotopic (exact) mass is 246 g/mol. The van der Waals surface area contributed by atoms with E-state index in [1.165, 1.54) is 0 Å². The molecule has 0 aliphatic rings. The van der Waals surface area contributed by atoms with Crippen molar-refractivity contribution >= 4 is 5.97 Å². The Kier molecular flexibility index (Phi) is 3.62. The smallest absolute Gasteiger partial charge is 0.309 e. The highest BCUT2D eigenvalue weighted by molar-refractivity contribution is 5.69. The molecule has 0 aliphatic carbocycles. The summed E-state index contributed by atoms with van der Waals surface area (Å²) in [4.78, 5) is 14.7. The van der Waals surface area contributed by atoms with Gasteiger partial charge >= 0.3 is 5.97 Å². The van der Waals surface area contributed by atoms with Crippen LogP contribution in [0.3, 0.4) is 0 Å². The van der Waals surface area contributed by atoms with Gasteiger partial charge in [0.05, 0.1) is 19.9 Å². The molecule has 5 nitrogen and oxygen atoms in total. The highest BCUT2D eigenvalue weighted by Gasteiger charge is 2.07. The molecule has 0 atom stereocenters. The standard InChI is InChI=1S/C13H14N2O3/c1-18-12-4-2-3-10(5-12)8-15-9-14-7-11(15)6-13(16)17/h2-5,7,9H,6,8H2,1H3,(H,16,17). The van der Waals surface area contributed by atoms with Crippen molar-refractivity contribution < 1.29 is 14.6 Å². The van der Waals surface area contributed by atoms with Crippen molar-refractivity contribution in [1.29, 1.82) is 0 Å². The SMILES string of the molecule is COc1cccc(Cn2cncc2CC(=O)O)c1. The van der Waals surface area contributed by atoms with Gasteiger partial charge in [-0.3, -0.25) is 4.79 Å². The Morgan fingerprint density at radius 3 is 3.06 bits per heavy atom. The Bertz CT molecular complexity index is 549. The van der Waals surface area contributed by atoms with Crippen LogP contribution in [0.5, 0.6) is 5.75 Å². The number of nitrogens with zero attached hydrogens (tertiary/aromatic N) is 2. The predicted molar refractivity (Wildman–Crippen MR) is 65.7 cm³/mol. The molecule has 5 heteroatoms. The van der Waals surface area contributed by atoms with Crippen LogP contribution in [0.15, 0.2) is 36.8 Å². The number of hydrogen-bond donors (Lipinski definition) is 1. The topological polar surface area (TPSA) is 64.4 Å². The number of aromatic nitrogens is 2. The third kappa shape index (κ3) is 2.88. The van der Waals surface area contributed by atoms with Crippen LogP contribution in [0.25, 0.3) is 0 Å². The van der Waals surface area contributed by atoms with E-state index < -0.39 is 5.97 Å². The zero-order valence-electron chi connectivity index (χ0n) is 10.0. The number of rotatable bonds is 5. The second-order valence-corrected chi connectivity index (χ2v) is 3.93. The van der Waals surface area contributed by atoms with Crippen LogP contribution in [0, 0.1) is 0 Å². The van der Waals surface area contributed by atoms with E-state index in [2.05, 4.69) is 4.98 Å². The van der Waals surface area contributed by atoms with Crippen molar-refractivity contribution in [3.05, 3.63) is 48.0 Å². The van der Waals surface area contributed by atoms with Gasteiger partial charge in [0.25, 0.3) is 0 Å². The van der Waals surface area contributed by atoms with E-state index in [1.807, 2.05) is 28.8 Å². The molecule has 0 bridgehead atoms. The number of methoxy groups -OCH3 is 1. The van der Waals surface area contributed by atoms with Gasteiger partial charge in [0.2, 0.25) is 0 Å². The van der Waals surface area contributed by atoms with E-state index in [0.717, 1.165) is 11.3 Å². The van der Waals surface area contributed by atoms with Gasteiger partial charge in [0.15, 0.2) is 0 Å². The molecule has 0 fully saturated rings. The average molecular weight is 246 g/mol. The maximum Gasteiger partial charge on any atom is 0.309 e. The van der Waals surface area contributed by atoms with Gasteiger partial charge in [-0.15, -0.1) is 0 Å². The molecule has 0 saturated carbocycles. The molecule has 94 valence electrons. The minimum Gasteiger partial charge on any atom is -0.497 e. The highest BCUT2D eigenvalue weighted by Crippen LogP contribution is 2.14. The van der Waals surface area contributed by atoms with Gasteiger partial charge in [-0.25, -0.2) is 4.98 Å². The van der Waals surface area contributed by atoms with E-state index in [9.17, 15) is 4.79 Å². The van der Waals surface area contributed by atoms with Crippen LogP contribution >= 0.6 is 0 Å². The Morgan fingerprint density at radius 2 is 2.33 bits per heavy atom. The lowest BCUT2D eigenvalue weighted by atomic mass is 10.2. The molecule has 1 heterocycles. The van der Waals surface area contributed by atoms with E-state index >= 15 is 0 Å². The number of benzene rings is 1. The quantitative estimate of drug-likeness (QED) is 0.869. The molecular formula is C13H14N2O3. The summed E-state index contributed by atoms with van der Waals surface area (Å²) in [7, 11) is 1.62. The predicted octanol–water partition coefficient (Wildman–Crippen LogP) is 1.57. The van der Waals surface area contributed by atoms with Crippen LogP contribution in [0.4, 0.5) is 0 Å². The lowest BCUT2D eigenvalue weighted by Crippen LogP contribution is -2.08. The lowest BCUT2D eigenvalue weighted by Gasteiger charge is -2.08. The summed E-state index contributed by atoms with van der Waals surface area (Å²) in [6.45, 7) is 0.583. The lowest BCUT2D eigenvalue weighted by molar-refractivity contribution is -0.136. The third-order valence-electron chi connectivity index (χ3n) is 2.62. The summed E-state index contributed by atoms with van der Waals surface area (Å²) < 4.78 is 6.97. The van der Waals surface area contributed by atoms with Gasteiger partial charge in [-0.05, 0) is 17.7 Å². The average Bonchev–Trinajstić information content (AvgIpc) is 2.76. The number of carbonyl (C=O) groups is 1. The van der Waals surface area contributed by atoms with E-state index in [1.54, 1.807) is 19.6 Å². The molecule has 0 unspecified atom stereocenters. The molecule has 2 rings (SSSR count). The van der Waals surface area contributed by atoms with Crippen LogP contribution in [-0.2, 0) is 17.8 Å². The second kappa shape index (κ2) is 5.35. The number of imidazole rings is 1. The summed E-state index contributed by atoms with van der Waals surface area (Å²) in [5.41, 5.74) is 1.73. The minimum absolute atomic E-state index is 0.0238. The molecule has 18 heavy (non-hydrogen) atoms. The summed E-state index contributed by atoms with van der Waals surface area (Å²) in [5.74, 6) is -0.0743. The van der Waals surface area contributed by atoms with Crippen molar-refractivity contribution in [2.45, 2.75) is 13.0 Å². The third-order valence-corrected chi connectivity index (χ3v) is 2.62. The van der Waals surface area contributed by atoms with E-state index in [-0.39, 0.29) is 6.42 Å². The van der Waals surface area contributed by atoms with Gasteiger partial charge < -0.3 is 14.4 Å². The molecule has 0 radical (unpaired) electrons. The van der Waals surface area contributed by atoms with Gasteiger partial charge in [0.1, 0.15) is 5.75 Å². The number of carboxylic acids is 1. The first-order chi connectivity index (χ1) is 8.69. The van der Waals surface area contributed by atoms with Crippen LogP contribution in [-0.4, -0.2) is 27.7 Å². The van der Waals surface area contributed by atoms with Gasteiger partial charge in [-0.1, -0.05) is 12.1 Å². The van der Waals surface area contributed by atoms with Gasteiger partial charge in [0, 0.05) is 18.4 Å². The van der Waals surface area contributed by atoms with Crippen molar-refractivity contribution in [3.63, 3.8) is 0 Å². The Labute approximate surface area is 105 Å². The Hall–Kier alpha value is -2.30. The van der Waals surface area contributed by atoms with Crippen LogP contribution < -0.4 is 4.74 Å². The molecule has 0 amide bonds. The summed E-state index contributed by atoms with van der Waals surface area (Å²) in [6.07, 6.45) is 3.19. The number of carboxylic acid groups (broad SMARTS) is 1. The maximum atomic E-state index is 10.7. The zero-order valence-corrected chi connectivity index (χ0v) is 10.0. The fourth-order valence-electron chi connectivity index (χ4n) is 1.76. The van der Waals surface area contributed by atoms with Crippen molar-refractivity contribution in [1.82, 2.24) is 9.55 Å². The molecule has 2 aromatic rings. The fraction of sp³-hybridized carbons (Fsp3) is 0.231. The van der Waals surface area contributed by atoms with Crippen molar-refractivity contribution in [2.75, 3.05) is 7.11 Å². The van der Waals surface area contributed by atoms with E-state index in [4.69, 9.17) is 9.84 Å². The van der Waals surface area contributed by atoms with E-state index in [0.29, 0.717) is 12.2 Å². The zero-order chi connectivity index (χ0) is 13.0. The molecule has 0 saturated heterocycles. The first-order valence-corrected chi connectivity index (χ1v) is 5.53. The molecule has 1 aromatic carbocycles. The molecule has 0 aliphatic heterocycles. The van der Waals surface area contributed by atoms with Crippen LogP contribution in [0.2, 0.25) is 0 Å². The molecular weight excluding hydrogens is 232 g/mol. The number of aliphatic carboxylic acids is 1. The first kappa shape index (κ1) is 12.2. The van der Waals surface area contributed by atoms with Crippen LogP contribution in [0.1, 0.15) is 11.3 Å². The largest absolute Gasteiger partial charge is 0.497 e. The Balaban J connectivity index is 2.17. The number of ether oxygens (including phenoxy) is 1. The Morgan fingerprint density at radius 1 is 1.50 bits per heavy atom. The number of hydrogen-bond acceptors (Lipinski definition) is 3. The van der Waals surface area contributed by atoms with Gasteiger partial charge in [-0.2, -0.15) is 0 Å². The summed E-state index contributed by atoms with van der Waals surface area (Å²) in [6, 6.07) is 7.66. The second-order valence-electron chi connectivity index (χ2n) is 3.93. The normalized spacial score (nSPS) is 10.3. The van der Waals surface area contributed by atoms with Crippen molar-refractivity contribution in [3.8, 4) is 5.75 Å². The summed E-state index contributed by atoms with van der Waals surface area (Å²) in [5, 5.41) is 8.80. The highest BCUT2D eigenvalue weighted by atomic mass is 16.5. The van der Waals surface area contributed by atoms with Crippen molar-refractivity contribution in [2.24, 2.45) is 0 Å². The summed E-state index contributed by atoms with van der Waals surface area (Å²) >= 11 is 0. The fourth-order valence-corrected chi connectivity index (χ4v) is 1.76. The first-order valence-electron chi connectivity index (χ1n) is 5.53. The molecule has 0 spiro atoms. The maximum absolute atomic E-state index is 10.7. The molecule has 1 N–H and O–H groups in total. The minimum atomic E-state index is -0.859. The molecule has 1 aromatic heterocycles.